The second-order valence-electron chi connectivity index (χ2n) is 3.48. The van der Waals surface area contributed by atoms with Gasteiger partial charge in [0.1, 0.15) is 0 Å². The Morgan fingerprint density at radius 1 is 1.50 bits per heavy atom. The molecule has 1 rings (SSSR count). The van der Waals surface area contributed by atoms with Crippen LogP contribution in [0.15, 0.2) is 0 Å². The van der Waals surface area contributed by atoms with E-state index in [4.69, 9.17) is 5.11 Å². The zero-order valence-corrected chi connectivity index (χ0v) is 8.08. The summed E-state index contributed by atoms with van der Waals surface area (Å²) < 4.78 is 0. The van der Waals surface area contributed by atoms with Crippen LogP contribution in [0, 0.1) is 5.92 Å². The molecule has 5 nitrogen and oxygen atoms in total. The molecule has 0 bridgehead atoms. The first kappa shape index (κ1) is 11.0. The van der Waals surface area contributed by atoms with E-state index in [0.29, 0.717) is 6.54 Å². The zero-order chi connectivity index (χ0) is 10.4. The van der Waals surface area contributed by atoms with Gasteiger partial charge in [0.05, 0.1) is 12.3 Å². The van der Waals surface area contributed by atoms with Crippen molar-refractivity contribution >= 4 is 11.9 Å². The number of carbonyl (C=O) groups excluding carboxylic acids is 1. The van der Waals surface area contributed by atoms with Crippen LogP contribution in [0.5, 0.6) is 0 Å². The Hall–Kier alpha value is -1.10. The number of nitrogens with one attached hydrogen (secondary N) is 2. The van der Waals surface area contributed by atoms with Crippen LogP contribution in [0.1, 0.15) is 19.3 Å². The molecule has 1 aliphatic rings. The van der Waals surface area contributed by atoms with E-state index in [9.17, 15) is 9.59 Å². The molecular weight excluding hydrogens is 184 g/mol. The molecule has 0 aromatic heterocycles. The van der Waals surface area contributed by atoms with Gasteiger partial charge in [0.15, 0.2) is 0 Å². The van der Waals surface area contributed by atoms with Crippen LogP contribution in [-0.4, -0.2) is 36.6 Å². The van der Waals surface area contributed by atoms with E-state index in [1.165, 1.54) is 0 Å². The largest absolute Gasteiger partial charge is 0.481 e. The quantitative estimate of drug-likeness (QED) is 0.575. The van der Waals surface area contributed by atoms with Crippen LogP contribution in [0.2, 0.25) is 0 Å². The number of aliphatic carboxylic acids is 1. The van der Waals surface area contributed by atoms with Crippen molar-refractivity contribution in [3.05, 3.63) is 0 Å². The Labute approximate surface area is 82.9 Å². The molecule has 1 amide bonds. The van der Waals surface area contributed by atoms with Crippen molar-refractivity contribution in [1.82, 2.24) is 10.6 Å². The van der Waals surface area contributed by atoms with Gasteiger partial charge < -0.3 is 15.7 Å². The van der Waals surface area contributed by atoms with E-state index in [-0.39, 0.29) is 24.8 Å². The van der Waals surface area contributed by atoms with Gasteiger partial charge in [-0.3, -0.25) is 9.59 Å². The molecule has 1 saturated heterocycles. The minimum absolute atomic E-state index is 0.00805. The van der Waals surface area contributed by atoms with Crippen LogP contribution in [0.3, 0.4) is 0 Å². The average Bonchev–Trinajstić information content (AvgIpc) is 2.18. The van der Waals surface area contributed by atoms with Gasteiger partial charge in [-0.1, -0.05) is 0 Å². The summed E-state index contributed by atoms with van der Waals surface area (Å²) in [7, 11) is 0. The topological polar surface area (TPSA) is 78.4 Å². The molecule has 1 heterocycles. The van der Waals surface area contributed by atoms with E-state index >= 15 is 0 Å². The summed E-state index contributed by atoms with van der Waals surface area (Å²) in [6.45, 7) is 1.91. The average molecular weight is 200 g/mol. The van der Waals surface area contributed by atoms with Crippen LogP contribution in [-0.2, 0) is 9.59 Å². The minimum atomic E-state index is -0.882. The van der Waals surface area contributed by atoms with Gasteiger partial charge in [-0.05, 0) is 19.4 Å². The van der Waals surface area contributed by atoms with E-state index in [0.717, 1.165) is 19.4 Å². The first-order valence-corrected chi connectivity index (χ1v) is 4.90. The van der Waals surface area contributed by atoms with Crippen LogP contribution >= 0.6 is 0 Å². The number of piperidine rings is 1. The van der Waals surface area contributed by atoms with E-state index < -0.39 is 5.97 Å². The molecular formula is C9H16N2O3. The highest BCUT2D eigenvalue weighted by Crippen LogP contribution is 2.09. The standard InChI is InChI=1S/C9H16N2O3/c12-8(13)3-5-11-9(14)7-2-1-4-10-6-7/h7,10H,1-6H2,(H,11,14)(H,12,13). The summed E-state index contributed by atoms with van der Waals surface area (Å²) in [5, 5.41) is 14.1. The SMILES string of the molecule is O=C(O)CCNC(=O)C1CCCNC1. The fraction of sp³-hybridized carbons (Fsp3) is 0.778. The number of carboxylic acids is 1. The van der Waals surface area contributed by atoms with Gasteiger partial charge in [-0.25, -0.2) is 0 Å². The Morgan fingerprint density at radius 3 is 2.86 bits per heavy atom. The van der Waals surface area contributed by atoms with Crippen LogP contribution in [0.25, 0.3) is 0 Å². The fourth-order valence-corrected chi connectivity index (χ4v) is 1.51. The zero-order valence-electron chi connectivity index (χ0n) is 8.08. The van der Waals surface area contributed by atoms with E-state index in [2.05, 4.69) is 10.6 Å². The summed E-state index contributed by atoms with van der Waals surface area (Å²) in [5.74, 6) is -0.900. The van der Waals surface area contributed by atoms with Crippen molar-refractivity contribution < 1.29 is 14.7 Å². The highest BCUT2D eigenvalue weighted by atomic mass is 16.4. The summed E-state index contributed by atoms with van der Waals surface area (Å²) in [4.78, 5) is 21.6. The van der Waals surface area contributed by atoms with Crippen molar-refractivity contribution in [3.63, 3.8) is 0 Å². The van der Waals surface area contributed by atoms with E-state index in [1.807, 2.05) is 0 Å². The molecule has 3 N–H and O–H groups in total. The molecule has 0 spiro atoms. The predicted octanol–water partition coefficient (Wildman–Crippen LogP) is -0.423. The summed E-state index contributed by atoms with van der Waals surface area (Å²) in [6.07, 6.45) is 1.90. The minimum Gasteiger partial charge on any atom is -0.481 e. The number of carboxylic acid groups (broad SMARTS) is 1. The summed E-state index contributed by atoms with van der Waals surface area (Å²) in [5.41, 5.74) is 0. The molecule has 1 unspecified atom stereocenters. The first-order valence-electron chi connectivity index (χ1n) is 4.90. The lowest BCUT2D eigenvalue weighted by atomic mass is 9.99. The van der Waals surface area contributed by atoms with Gasteiger partial charge in [-0.15, -0.1) is 0 Å². The van der Waals surface area contributed by atoms with Gasteiger partial charge in [-0.2, -0.15) is 0 Å². The third-order valence-electron chi connectivity index (χ3n) is 2.31. The lowest BCUT2D eigenvalue weighted by molar-refractivity contribution is -0.137. The van der Waals surface area contributed by atoms with Crippen molar-refractivity contribution in [2.75, 3.05) is 19.6 Å². The maximum absolute atomic E-state index is 11.4. The maximum Gasteiger partial charge on any atom is 0.305 e. The van der Waals surface area contributed by atoms with Crippen molar-refractivity contribution in [1.29, 1.82) is 0 Å². The Balaban J connectivity index is 2.16. The monoisotopic (exact) mass is 200 g/mol. The highest BCUT2D eigenvalue weighted by Gasteiger charge is 2.20. The smallest absolute Gasteiger partial charge is 0.305 e. The molecule has 0 saturated carbocycles. The number of hydrogen-bond acceptors (Lipinski definition) is 3. The molecule has 0 radical (unpaired) electrons. The van der Waals surface area contributed by atoms with E-state index in [1.54, 1.807) is 0 Å². The Bertz CT molecular complexity index is 212. The highest BCUT2D eigenvalue weighted by molar-refractivity contribution is 5.79. The van der Waals surface area contributed by atoms with Gasteiger partial charge in [0.25, 0.3) is 0 Å². The summed E-state index contributed by atoms with van der Waals surface area (Å²) >= 11 is 0. The molecule has 1 aliphatic heterocycles. The second kappa shape index (κ2) is 5.59. The Morgan fingerprint density at radius 2 is 2.29 bits per heavy atom. The maximum atomic E-state index is 11.4. The van der Waals surface area contributed by atoms with Gasteiger partial charge >= 0.3 is 5.97 Å². The lowest BCUT2D eigenvalue weighted by Gasteiger charge is -2.21. The molecule has 1 fully saturated rings. The molecule has 0 aromatic carbocycles. The fourth-order valence-electron chi connectivity index (χ4n) is 1.51. The van der Waals surface area contributed by atoms with Crippen LogP contribution in [0.4, 0.5) is 0 Å². The number of hydrogen-bond donors (Lipinski definition) is 3. The molecule has 1 atom stereocenters. The van der Waals surface area contributed by atoms with Crippen molar-refractivity contribution in [3.8, 4) is 0 Å². The molecule has 80 valence electrons. The molecule has 0 aromatic rings. The third-order valence-corrected chi connectivity index (χ3v) is 2.31. The summed E-state index contributed by atoms with van der Waals surface area (Å²) in [6, 6.07) is 0. The first-order chi connectivity index (χ1) is 6.70. The molecule has 5 heteroatoms. The number of rotatable bonds is 4. The van der Waals surface area contributed by atoms with Crippen LogP contribution < -0.4 is 10.6 Å². The number of carbonyl (C=O) groups is 2. The van der Waals surface area contributed by atoms with Gasteiger partial charge in [0.2, 0.25) is 5.91 Å². The molecule has 14 heavy (non-hydrogen) atoms. The van der Waals surface area contributed by atoms with Crippen molar-refractivity contribution in [2.24, 2.45) is 5.92 Å². The number of amides is 1. The van der Waals surface area contributed by atoms with Gasteiger partial charge in [0, 0.05) is 13.1 Å². The second-order valence-corrected chi connectivity index (χ2v) is 3.48. The normalized spacial score (nSPS) is 21.6. The van der Waals surface area contributed by atoms with Crippen molar-refractivity contribution in [2.45, 2.75) is 19.3 Å². The Kier molecular flexibility index (Phi) is 4.39. The lowest BCUT2D eigenvalue weighted by Crippen LogP contribution is -2.41. The predicted molar refractivity (Wildman–Crippen MR) is 50.9 cm³/mol. The molecule has 0 aliphatic carbocycles. The third kappa shape index (κ3) is 3.74.